The zero-order chi connectivity index (χ0) is 10.8. The lowest BCUT2D eigenvalue weighted by Gasteiger charge is -2.31. The molecule has 1 saturated carbocycles. The van der Waals surface area contributed by atoms with Gasteiger partial charge in [0.1, 0.15) is 0 Å². The molecule has 0 atom stereocenters. The Morgan fingerprint density at radius 1 is 1.33 bits per heavy atom. The van der Waals surface area contributed by atoms with Gasteiger partial charge in [-0.3, -0.25) is 4.79 Å². The summed E-state index contributed by atoms with van der Waals surface area (Å²) in [5.41, 5.74) is 0.634. The Kier molecular flexibility index (Phi) is 2.98. The van der Waals surface area contributed by atoms with E-state index in [0.717, 1.165) is 4.90 Å². The molecule has 0 saturated heterocycles. The van der Waals surface area contributed by atoms with Gasteiger partial charge in [-0.05, 0) is 37.1 Å². The number of hydrogen-bond donors (Lipinski definition) is 3. The number of carbonyl (C=O) groups excluding carboxylic acids is 1. The SMILES string of the molecule is O=C(NC1CC(O)C1)c1ccc(S)cc1. The van der Waals surface area contributed by atoms with Crippen LogP contribution in [0.5, 0.6) is 0 Å². The van der Waals surface area contributed by atoms with Crippen LogP contribution in [0.25, 0.3) is 0 Å². The zero-order valence-corrected chi connectivity index (χ0v) is 9.08. The molecule has 1 aliphatic carbocycles. The molecule has 1 aliphatic rings. The van der Waals surface area contributed by atoms with Gasteiger partial charge in [-0.1, -0.05) is 0 Å². The van der Waals surface area contributed by atoms with Gasteiger partial charge in [0.25, 0.3) is 5.91 Å². The van der Waals surface area contributed by atoms with Crippen LogP contribution in [0, 0.1) is 0 Å². The second-order valence-corrected chi connectivity index (χ2v) is 4.36. The maximum atomic E-state index is 11.6. The molecular weight excluding hydrogens is 210 g/mol. The van der Waals surface area contributed by atoms with Crippen LogP contribution in [-0.4, -0.2) is 23.2 Å². The number of amides is 1. The highest BCUT2D eigenvalue weighted by Crippen LogP contribution is 2.19. The second kappa shape index (κ2) is 4.24. The summed E-state index contributed by atoms with van der Waals surface area (Å²) < 4.78 is 0. The third-order valence-electron chi connectivity index (χ3n) is 2.58. The Morgan fingerprint density at radius 3 is 2.47 bits per heavy atom. The first-order valence-corrected chi connectivity index (χ1v) is 5.38. The maximum Gasteiger partial charge on any atom is 0.251 e. The first-order chi connectivity index (χ1) is 7.15. The molecule has 0 unspecified atom stereocenters. The van der Waals surface area contributed by atoms with Crippen LogP contribution in [-0.2, 0) is 0 Å². The van der Waals surface area contributed by atoms with E-state index in [1.54, 1.807) is 24.3 Å². The van der Waals surface area contributed by atoms with E-state index in [4.69, 9.17) is 5.11 Å². The van der Waals surface area contributed by atoms with E-state index in [2.05, 4.69) is 17.9 Å². The van der Waals surface area contributed by atoms with Gasteiger partial charge in [0, 0.05) is 16.5 Å². The van der Waals surface area contributed by atoms with Crippen LogP contribution in [0.1, 0.15) is 23.2 Å². The van der Waals surface area contributed by atoms with Gasteiger partial charge in [-0.25, -0.2) is 0 Å². The summed E-state index contributed by atoms with van der Waals surface area (Å²) in [6, 6.07) is 7.18. The van der Waals surface area contributed by atoms with Crippen molar-refractivity contribution in [1.82, 2.24) is 5.32 Å². The van der Waals surface area contributed by atoms with Crippen molar-refractivity contribution < 1.29 is 9.90 Å². The van der Waals surface area contributed by atoms with E-state index in [1.807, 2.05) is 0 Å². The maximum absolute atomic E-state index is 11.6. The summed E-state index contributed by atoms with van der Waals surface area (Å²) in [6.45, 7) is 0. The Hall–Kier alpha value is -1.00. The summed E-state index contributed by atoms with van der Waals surface area (Å²) in [6.07, 6.45) is 1.09. The van der Waals surface area contributed by atoms with E-state index >= 15 is 0 Å². The summed E-state index contributed by atoms with van der Waals surface area (Å²) in [4.78, 5) is 12.5. The molecule has 0 heterocycles. The summed E-state index contributed by atoms with van der Waals surface area (Å²) >= 11 is 4.15. The number of aliphatic hydroxyl groups is 1. The average molecular weight is 223 g/mol. The first kappa shape index (κ1) is 10.5. The van der Waals surface area contributed by atoms with E-state index in [0.29, 0.717) is 18.4 Å². The number of hydrogen-bond acceptors (Lipinski definition) is 3. The fraction of sp³-hybridized carbons (Fsp3) is 0.364. The lowest BCUT2D eigenvalue weighted by molar-refractivity contribution is 0.0562. The van der Waals surface area contributed by atoms with Gasteiger partial charge in [0.15, 0.2) is 0 Å². The van der Waals surface area contributed by atoms with Crippen molar-refractivity contribution in [3.63, 3.8) is 0 Å². The van der Waals surface area contributed by atoms with Crippen molar-refractivity contribution in [2.45, 2.75) is 29.9 Å². The molecule has 0 radical (unpaired) electrons. The van der Waals surface area contributed by atoms with Gasteiger partial charge in [0.2, 0.25) is 0 Å². The molecule has 0 aliphatic heterocycles. The third kappa shape index (κ3) is 2.52. The Labute approximate surface area is 93.9 Å². The van der Waals surface area contributed by atoms with Crippen molar-refractivity contribution in [2.24, 2.45) is 0 Å². The van der Waals surface area contributed by atoms with E-state index in [1.165, 1.54) is 0 Å². The van der Waals surface area contributed by atoms with Gasteiger partial charge in [0.05, 0.1) is 6.10 Å². The highest BCUT2D eigenvalue weighted by atomic mass is 32.1. The molecule has 1 aromatic carbocycles. The summed E-state index contributed by atoms with van der Waals surface area (Å²) in [5.74, 6) is -0.0831. The monoisotopic (exact) mass is 223 g/mol. The predicted octanol–water partition coefficient (Wildman–Crippen LogP) is 1.23. The number of benzene rings is 1. The van der Waals surface area contributed by atoms with E-state index < -0.39 is 0 Å². The summed E-state index contributed by atoms with van der Waals surface area (Å²) in [7, 11) is 0. The lowest BCUT2D eigenvalue weighted by Crippen LogP contribution is -2.46. The minimum absolute atomic E-state index is 0.0831. The van der Waals surface area contributed by atoms with Gasteiger partial charge >= 0.3 is 0 Å². The molecule has 15 heavy (non-hydrogen) atoms. The van der Waals surface area contributed by atoms with Crippen LogP contribution in [0.2, 0.25) is 0 Å². The minimum atomic E-state index is -0.241. The Bertz CT molecular complexity index is 357. The number of thiol groups is 1. The highest BCUT2D eigenvalue weighted by molar-refractivity contribution is 7.80. The normalized spacial score (nSPS) is 24.4. The van der Waals surface area contributed by atoms with Crippen molar-refractivity contribution >= 4 is 18.5 Å². The molecule has 0 bridgehead atoms. The Morgan fingerprint density at radius 2 is 1.93 bits per heavy atom. The molecule has 1 amide bonds. The molecule has 4 heteroatoms. The van der Waals surface area contributed by atoms with Gasteiger partial charge in [-0.15, -0.1) is 12.6 Å². The number of carbonyl (C=O) groups is 1. The molecule has 1 fully saturated rings. The fourth-order valence-corrected chi connectivity index (χ4v) is 1.74. The zero-order valence-electron chi connectivity index (χ0n) is 8.18. The number of rotatable bonds is 2. The van der Waals surface area contributed by atoms with Crippen LogP contribution in [0.3, 0.4) is 0 Å². The molecular formula is C11H13NO2S. The largest absolute Gasteiger partial charge is 0.393 e. The van der Waals surface area contributed by atoms with Gasteiger partial charge < -0.3 is 10.4 Å². The van der Waals surface area contributed by atoms with E-state index in [9.17, 15) is 4.79 Å². The summed E-state index contributed by atoms with van der Waals surface area (Å²) in [5, 5.41) is 11.9. The molecule has 2 N–H and O–H groups in total. The molecule has 0 spiro atoms. The van der Waals surface area contributed by atoms with Crippen LogP contribution < -0.4 is 5.32 Å². The van der Waals surface area contributed by atoms with Crippen molar-refractivity contribution in [1.29, 1.82) is 0 Å². The molecule has 3 nitrogen and oxygen atoms in total. The van der Waals surface area contributed by atoms with Gasteiger partial charge in [-0.2, -0.15) is 0 Å². The van der Waals surface area contributed by atoms with Crippen LogP contribution >= 0.6 is 12.6 Å². The molecule has 80 valence electrons. The number of aliphatic hydroxyl groups excluding tert-OH is 1. The molecule has 1 aromatic rings. The van der Waals surface area contributed by atoms with Crippen LogP contribution in [0.4, 0.5) is 0 Å². The van der Waals surface area contributed by atoms with Crippen molar-refractivity contribution in [2.75, 3.05) is 0 Å². The minimum Gasteiger partial charge on any atom is -0.393 e. The quantitative estimate of drug-likeness (QED) is 0.660. The topological polar surface area (TPSA) is 49.3 Å². The first-order valence-electron chi connectivity index (χ1n) is 4.93. The predicted molar refractivity (Wildman–Crippen MR) is 60.2 cm³/mol. The standard InChI is InChI=1S/C11H13NO2S/c13-9-5-8(6-9)12-11(14)7-1-3-10(15)4-2-7/h1-4,8-9,13,15H,5-6H2,(H,12,14). The van der Waals surface area contributed by atoms with E-state index in [-0.39, 0.29) is 18.1 Å². The van der Waals surface area contributed by atoms with Crippen molar-refractivity contribution in [3.05, 3.63) is 29.8 Å². The molecule has 2 rings (SSSR count). The smallest absolute Gasteiger partial charge is 0.251 e. The van der Waals surface area contributed by atoms with Crippen LogP contribution in [0.15, 0.2) is 29.2 Å². The average Bonchev–Trinajstić information content (AvgIpc) is 2.16. The fourth-order valence-electron chi connectivity index (χ4n) is 1.59. The lowest BCUT2D eigenvalue weighted by atomic mass is 9.89. The second-order valence-electron chi connectivity index (χ2n) is 3.84. The van der Waals surface area contributed by atoms with Crippen molar-refractivity contribution in [3.8, 4) is 0 Å². The number of nitrogens with one attached hydrogen (secondary N) is 1. The molecule has 0 aromatic heterocycles. The Balaban J connectivity index is 1.93. The third-order valence-corrected chi connectivity index (χ3v) is 2.88. The highest BCUT2D eigenvalue weighted by Gasteiger charge is 2.28.